The lowest BCUT2D eigenvalue weighted by atomic mass is 10.1. The van der Waals surface area contributed by atoms with Gasteiger partial charge in [0.25, 0.3) is 0 Å². The lowest BCUT2D eigenvalue weighted by Crippen LogP contribution is -1.98. The number of aromatic nitrogens is 2. The van der Waals surface area contributed by atoms with Crippen molar-refractivity contribution in [3.05, 3.63) is 88.0 Å². The first kappa shape index (κ1) is 19.2. The summed E-state index contributed by atoms with van der Waals surface area (Å²) in [6.45, 7) is 0. The molecule has 0 fully saturated rings. The number of nitrogens with two attached hydrogens (primary N) is 1. The zero-order valence-electron chi connectivity index (χ0n) is 14.9. The Hall–Kier alpha value is -3.09. The average molecular weight is 430 g/mol. The van der Waals surface area contributed by atoms with Crippen molar-refractivity contribution in [3.63, 3.8) is 0 Å². The van der Waals surface area contributed by atoms with Crippen LogP contribution in [0.1, 0.15) is 11.5 Å². The summed E-state index contributed by atoms with van der Waals surface area (Å²) >= 11 is 12.1. The highest BCUT2D eigenvalue weighted by Gasteiger charge is 2.18. The molecule has 1 aromatic heterocycles. The maximum Gasteiger partial charge on any atom is 0.247 e. The van der Waals surface area contributed by atoms with Crippen LogP contribution in [-0.2, 0) is 6.42 Å². The molecule has 0 spiro atoms. The third-order valence-electron chi connectivity index (χ3n) is 4.07. The molecule has 0 atom stereocenters. The number of nitrogen functional groups attached to an aromatic ring is 1. The van der Waals surface area contributed by atoms with Crippen LogP contribution in [0.4, 0.5) is 10.1 Å². The van der Waals surface area contributed by atoms with E-state index in [0.29, 0.717) is 22.2 Å². The summed E-state index contributed by atoms with van der Waals surface area (Å²) in [7, 11) is 0. The summed E-state index contributed by atoms with van der Waals surface area (Å²) in [5.41, 5.74) is 7.22. The van der Waals surface area contributed by atoms with E-state index in [1.807, 2.05) is 30.3 Å². The van der Waals surface area contributed by atoms with Gasteiger partial charge in [0.05, 0.1) is 11.4 Å². The fraction of sp³-hybridized carbons (Fsp3) is 0.0476. The molecule has 0 saturated carbocycles. The van der Waals surface area contributed by atoms with Crippen LogP contribution in [0.5, 0.6) is 11.5 Å². The Morgan fingerprint density at radius 1 is 1.00 bits per heavy atom. The van der Waals surface area contributed by atoms with E-state index in [1.54, 1.807) is 12.1 Å². The predicted molar refractivity (Wildman–Crippen MR) is 110 cm³/mol. The summed E-state index contributed by atoms with van der Waals surface area (Å²) in [5, 5.41) is 8.49. The van der Waals surface area contributed by atoms with Gasteiger partial charge in [0.1, 0.15) is 5.75 Å². The van der Waals surface area contributed by atoms with E-state index in [4.69, 9.17) is 38.1 Å². The van der Waals surface area contributed by atoms with Crippen LogP contribution in [-0.4, -0.2) is 10.2 Å². The Morgan fingerprint density at radius 3 is 2.55 bits per heavy atom. The molecule has 0 aliphatic carbocycles. The molecule has 0 aliphatic rings. The highest BCUT2D eigenvalue weighted by Crippen LogP contribution is 2.36. The van der Waals surface area contributed by atoms with Crippen LogP contribution in [0, 0.1) is 5.82 Å². The molecule has 0 radical (unpaired) electrons. The number of halogens is 3. The summed E-state index contributed by atoms with van der Waals surface area (Å²) in [4.78, 5) is 0. The van der Waals surface area contributed by atoms with E-state index in [1.165, 1.54) is 18.2 Å². The second-order valence-electron chi connectivity index (χ2n) is 6.22. The summed E-state index contributed by atoms with van der Waals surface area (Å²) in [5.74, 6) is 0.144. The fourth-order valence-corrected chi connectivity index (χ4v) is 3.17. The van der Waals surface area contributed by atoms with Gasteiger partial charge in [-0.05, 0) is 30.3 Å². The Balaban J connectivity index is 1.61. The van der Waals surface area contributed by atoms with E-state index in [-0.39, 0.29) is 28.8 Å². The van der Waals surface area contributed by atoms with Crippen molar-refractivity contribution in [1.82, 2.24) is 10.2 Å². The zero-order valence-corrected chi connectivity index (χ0v) is 16.4. The molecule has 1 heterocycles. The van der Waals surface area contributed by atoms with Gasteiger partial charge in [-0.15, -0.1) is 10.2 Å². The number of hydrogen-bond donors (Lipinski definition) is 1. The zero-order chi connectivity index (χ0) is 20.4. The molecule has 5 nitrogen and oxygen atoms in total. The van der Waals surface area contributed by atoms with Crippen LogP contribution in [0.3, 0.4) is 0 Å². The smallest absolute Gasteiger partial charge is 0.247 e. The van der Waals surface area contributed by atoms with E-state index < -0.39 is 5.82 Å². The third kappa shape index (κ3) is 4.34. The molecular weight excluding hydrogens is 416 g/mol. The Bertz CT molecular complexity index is 1150. The van der Waals surface area contributed by atoms with E-state index in [2.05, 4.69) is 10.2 Å². The molecular formula is C21H14Cl2FN3O2. The summed E-state index contributed by atoms with van der Waals surface area (Å²) in [6, 6.07) is 17.0. The first-order chi connectivity index (χ1) is 14.0. The normalized spacial score (nSPS) is 10.9. The average Bonchev–Trinajstić information content (AvgIpc) is 3.16. The van der Waals surface area contributed by atoms with Gasteiger partial charge < -0.3 is 14.9 Å². The van der Waals surface area contributed by atoms with Gasteiger partial charge in [-0.3, -0.25) is 0 Å². The standard InChI is InChI=1S/C21H14Cl2FN3O2/c22-14-9-15(25)11-16(10-14)28-20-17(23)7-6-13(19(20)24)8-18-26-27-21(29-18)12-4-2-1-3-5-12/h1-7,9-11H,8,25H2. The van der Waals surface area contributed by atoms with Crippen LogP contribution < -0.4 is 10.5 Å². The van der Waals surface area contributed by atoms with Crippen molar-refractivity contribution in [2.24, 2.45) is 0 Å². The van der Waals surface area contributed by atoms with Gasteiger partial charge in [-0.2, -0.15) is 0 Å². The lowest BCUT2D eigenvalue weighted by Gasteiger charge is -2.12. The van der Waals surface area contributed by atoms with E-state index >= 15 is 4.39 Å². The molecule has 4 aromatic rings. The van der Waals surface area contributed by atoms with Gasteiger partial charge in [-0.1, -0.05) is 47.5 Å². The highest BCUT2D eigenvalue weighted by atomic mass is 35.5. The number of rotatable bonds is 5. The SMILES string of the molecule is Nc1cc(Cl)cc(Oc2c(Cl)ccc(Cc3nnc(-c4ccccc4)o3)c2F)c1. The van der Waals surface area contributed by atoms with Crippen molar-refractivity contribution in [3.8, 4) is 23.0 Å². The minimum absolute atomic E-state index is 0.0802. The van der Waals surface area contributed by atoms with Crippen molar-refractivity contribution >= 4 is 28.9 Å². The monoisotopic (exact) mass is 429 g/mol. The maximum absolute atomic E-state index is 15.1. The molecule has 146 valence electrons. The number of hydrogen-bond acceptors (Lipinski definition) is 5. The summed E-state index contributed by atoms with van der Waals surface area (Å²) < 4.78 is 26.3. The predicted octanol–water partition coefficient (Wildman–Crippen LogP) is 6.15. The molecule has 4 rings (SSSR count). The number of anilines is 1. The summed E-state index contributed by atoms with van der Waals surface area (Å²) in [6.07, 6.45) is 0.0802. The highest BCUT2D eigenvalue weighted by molar-refractivity contribution is 6.32. The quantitative estimate of drug-likeness (QED) is 0.385. The molecule has 0 aliphatic heterocycles. The molecule has 0 saturated heterocycles. The third-order valence-corrected chi connectivity index (χ3v) is 4.59. The van der Waals surface area contributed by atoms with Gasteiger partial charge in [0.15, 0.2) is 11.6 Å². The molecule has 29 heavy (non-hydrogen) atoms. The molecule has 0 bridgehead atoms. The van der Waals surface area contributed by atoms with Crippen molar-refractivity contribution in [1.29, 1.82) is 0 Å². The van der Waals surface area contributed by atoms with Crippen LogP contribution >= 0.6 is 23.2 Å². The van der Waals surface area contributed by atoms with Gasteiger partial charge in [-0.25, -0.2) is 4.39 Å². The van der Waals surface area contributed by atoms with Gasteiger partial charge in [0, 0.05) is 27.9 Å². The lowest BCUT2D eigenvalue weighted by molar-refractivity contribution is 0.437. The Labute approximate surface area is 175 Å². The minimum Gasteiger partial charge on any atom is -0.453 e. The maximum atomic E-state index is 15.1. The number of benzene rings is 3. The van der Waals surface area contributed by atoms with Gasteiger partial charge in [0.2, 0.25) is 11.8 Å². The fourth-order valence-electron chi connectivity index (χ4n) is 2.75. The second kappa shape index (κ2) is 8.11. The number of ether oxygens (including phenoxy) is 1. The Kier molecular flexibility index (Phi) is 5.38. The molecule has 0 amide bonds. The topological polar surface area (TPSA) is 74.2 Å². The van der Waals surface area contributed by atoms with E-state index in [0.717, 1.165) is 5.56 Å². The van der Waals surface area contributed by atoms with Crippen molar-refractivity contribution in [2.75, 3.05) is 5.73 Å². The first-order valence-electron chi connectivity index (χ1n) is 8.58. The van der Waals surface area contributed by atoms with Crippen LogP contribution in [0.25, 0.3) is 11.5 Å². The molecule has 8 heteroatoms. The van der Waals surface area contributed by atoms with Crippen LogP contribution in [0.15, 0.2) is 65.1 Å². The first-order valence-corrected chi connectivity index (χ1v) is 9.34. The molecule has 0 unspecified atom stereocenters. The molecule has 2 N–H and O–H groups in total. The molecule has 3 aromatic carbocycles. The Morgan fingerprint density at radius 2 is 1.79 bits per heavy atom. The van der Waals surface area contributed by atoms with Gasteiger partial charge >= 0.3 is 0 Å². The number of nitrogens with zero attached hydrogens (tertiary/aromatic N) is 2. The second-order valence-corrected chi connectivity index (χ2v) is 7.06. The van der Waals surface area contributed by atoms with Crippen LogP contribution in [0.2, 0.25) is 10.0 Å². The van der Waals surface area contributed by atoms with E-state index in [9.17, 15) is 0 Å². The van der Waals surface area contributed by atoms with Crippen molar-refractivity contribution < 1.29 is 13.5 Å². The minimum atomic E-state index is -0.629. The largest absolute Gasteiger partial charge is 0.453 e. The van der Waals surface area contributed by atoms with Crippen molar-refractivity contribution in [2.45, 2.75) is 6.42 Å².